The zero-order valence-electron chi connectivity index (χ0n) is 13.0. The van der Waals surface area contributed by atoms with Crippen LogP contribution < -0.4 is 0 Å². The van der Waals surface area contributed by atoms with Crippen LogP contribution in [-0.2, 0) is 0 Å². The molecule has 8 heteroatoms. The van der Waals surface area contributed by atoms with Crippen LogP contribution in [0, 0.1) is 11.6 Å². The third-order valence-corrected chi connectivity index (χ3v) is 4.38. The van der Waals surface area contributed by atoms with E-state index < -0.39 is 29.7 Å². The van der Waals surface area contributed by atoms with Crippen LogP contribution in [-0.4, -0.2) is 42.9 Å². The number of β-amino-alcohol motifs (C(OH)–C–C–N with tert-alkyl or cyclic N) is 1. The molecule has 1 aromatic carbocycles. The molecular weight excluding hydrogens is 330 g/mol. The van der Waals surface area contributed by atoms with E-state index in [0.29, 0.717) is 11.2 Å². The van der Waals surface area contributed by atoms with E-state index in [1.807, 2.05) is 0 Å². The van der Waals surface area contributed by atoms with Crippen molar-refractivity contribution in [2.45, 2.75) is 18.6 Å². The lowest BCUT2D eigenvalue weighted by Gasteiger charge is -2.24. The predicted octanol–water partition coefficient (Wildman–Crippen LogP) is 1.96. The zero-order valence-corrected chi connectivity index (χ0v) is 13.0. The molecule has 6 nitrogen and oxygen atoms in total. The van der Waals surface area contributed by atoms with Crippen molar-refractivity contribution in [3.63, 3.8) is 0 Å². The van der Waals surface area contributed by atoms with Gasteiger partial charge in [0.1, 0.15) is 0 Å². The van der Waals surface area contributed by atoms with E-state index in [4.69, 9.17) is 0 Å². The molecule has 0 spiro atoms. The Labute approximate surface area is 141 Å². The Morgan fingerprint density at radius 1 is 1.16 bits per heavy atom. The number of likely N-dealkylation sites (tertiary alicyclic amines) is 1. The predicted molar refractivity (Wildman–Crippen MR) is 83.7 cm³/mol. The maximum absolute atomic E-state index is 13.6. The van der Waals surface area contributed by atoms with Crippen LogP contribution in [0.15, 0.2) is 43.0 Å². The molecule has 25 heavy (non-hydrogen) atoms. The lowest BCUT2D eigenvalue weighted by Crippen LogP contribution is -2.32. The first-order chi connectivity index (χ1) is 12.0. The molecule has 1 aliphatic heterocycles. The number of carbonyl (C=O) groups is 1. The number of aromatic nitrogens is 3. The number of nitrogens with zero attached hydrogens (tertiary/aromatic N) is 4. The highest BCUT2D eigenvalue weighted by Crippen LogP contribution is 2.34. The molecule has 4 rings (SSSR count). The molecule has 1 N–H and O–H groups in total. The van der Waals surface area contributed by atoms with Gasteiger partial charge in [0.2, 0.25) is 0 Å². The molecule has 0 aliphatic carbocycles. The number of hydrogen-bond acceptors (Lipinski definition) is 4. The summed E-state index contributed by atoms with van der Waals surface area (Å²) in [5.41, 5.74) is 0.978. The maximum Gasteiger partial charge on any atom is 0.276 e. The minimum atomic E-state index is -0.986. The fraction of sp³-hybridized carbons (Fsp3) is 0.235. The molecule has 2 aromatic heterocycles. The molecule has 1 aliphatic rings. The van der Waals surface area contributed by atoms with Crippen molar-refractivity contribution in [1.82, 2.24) is 19.3 Å². The SMILES string of the molecule is O=C(c1nccn2ccnc12)N1C[C@@H](O)C[C@@H]1c1ccc(F)c(F)c1. The first-order valence-electron chi connectivity index (χ1n) is 7.76. The summed E-state index contributed by atoms with van der Waals surface area (Å²) in [4.78, 5) is 22.6. The summed E-state index contributed by atoms with van der Waals surface area (Å²) in [7, 11) is 0. The van der Waals surface area contributed by atoms with E-state index in [-0.39, 0.29) is 18.7 Å². The highest BCUT2D eigenvalue weighted by atomic mass is 19.2. The van der Waals surface area contributed by atoms with Gasteiger partial charge in [-0.1, -0.05) is 6.07 Å². The minimum absolute atomic E-state index is 0.0892. The van der Waals surface area contributed by atoms with Gasteiger partial charge in [-0.3, -0.25) is 4.79 Å². The third kappa shape index (κ3) is 2.64. The number of imidazole rings is 1. The first-order valence-corrected chi connectivity index (χ1v) is 7.76. The van der Waals surface area contributed by atoms with Gasteiger partial charge in [0.15, 0.2) is 23.0 Å². The molecule has 0 saturated carbocycles. The Hall–Kier alpha value is -2.87. The molecule has 0 radical (unpaired) electrons. The van der Waals surface area contributed by atoms with Gasteiger partial charge in [-0.25, -0.2) is 18.7 Å². The summed E-state index contributed by atoms with van der Waals surface area (Å²) in [6, 6.07) is 2.94. The number of rotatable bonds is 2. The smallest absolute Gasteiger partial charge is 0.276 e. The molecule has 2 atom stereocenters. The van der Waals surface area contributed by atoms with Gasteiger partial charge >= 0.3 is 0 Å². The minimum Gasteiger partial charge on any atom is -0.391 e. The molecule has 1 fully saturated rings. The van der Waals surface area contributed by atoms with E-state index in [1.165, 1.54) is 17.2 Å². The quantitative estimate of drug-likeness (QED) is 0.771. The molecule has 0 bridgehead atoms. The van der Waals surface area contributed by atoms with Crippen molar-refractivity contribution < 1.29 is 18.7 Å². The van der Waals surface area contributed by atoms with Gasteiger partial charge in [0.05, 0.1) is 12.1 Å². The Balaban J connectivity index is 1.73. The Morgan fingerprint density at radius 3 is 2.68 bits per heavy atom. The van der Waals surface area contributed by atoms with Crippen LogP contribution in [0.25, 0.3) is 5.65 Å². The Bertz CT molecular complexity index is 959. The average Bonchev–Trinajstić information content (AvgIpc) is 3.22. The highest BCUT2D eigenvalue weighted by molar-refractivity contribution is 5.98. The van der Waals surface area contributed by atoms with Crippen molar-refractivity contribution in [1.29, 1.82) is 0 Å². The second-order valence-electron chi connectivity index (χ2n) is 5.97. The van der Waals surface area contributed by atoms with Crippen LogP contribution in [0.1, 0.15) is 28.5 Å². The number of hydrogen-bond donors (Lipinski definition) is 1. The summed E-state index contributed by atoms with van der Waals surface area (Å²) < 4.78 is 28.4. The van der Waals surface area contributed by atoms with Crippen LogP contribution >= 0.6 is 0 Å². The fourth-order valence-electron chi connectivity index (χ4n) is 3.21. The fourth-order valence-corrected chi connectivity index (χ4v) is 3.21. The molecule has 1 amide bonds. The van der Waals surface area contributed by atoms with Gasteiger partial charge in [0.25, 0.3) is 5.91 Å². The number of aliphatic hydroxyl groups is 1. The molecule has 3 aromatic rings. The van der Waals surface area contributed by atoms with Crippen LogP contribution in [0.2, 0.25) is 0 Å². The summed E-state index contributed by atoms with van der Waals surface area (Å²) >= 11 is 0. The standard InChI is InChI=1S/C17H14F2N4O2/c18-12-2-1-10(7-13(12)19)14-8-11(24)9-23(14)17(25)15-16-21-4-6-22(16)5-3-20-15/h1-7,11,14,24H,8-9H2/t11-,14+/m0/s1. The second kappa shape index (κ2) is 5.89. The molecule has 0 unspecified atom stereocenters. The van der Waals surface area contributed by atoms with Crippen molar-refractivity contribution in [3.05, 3.63) is 65.9 Å². The lowest BCUT2D eigenvalue weighted by atomic mass is 10.0. The Kier molecular flexibility index (Phi) is 3.69. The average molecular weight is 344 g/mol. The molecule has 3 heterocycles. The number of aliphatic hydroxyl groups excluding tert-OH is 1. The number of carbonyl (C=O) groups excluding carboxylic acids is 1. The summed E-state index contributed by atoms with van der Waals surface area (Å²) in [6.07, 6.45) is 5.90. The van der Waals surface area contributed by atoms with Crippen LogP contribution in [0.3, 0.4) is 0 Å². The largest absolute Gasteiger partial charge is 0.391 e. The number of amides is 1. The van der Waals surface area contributed by atoms with E-state index in [2.05, 4.69) is 9.97 Å². The summed E-state index contributed by atoms with van der Waals surface area (Å²) in [6.45, 7) is 0.0892. The van der Waals surface area contributed by atoms with E-state index >= 15 is 0 Å². The third-order valence-electron chi connectivity index (χ3n) is 4.38. The van der Waals surface area contributed by atoms with E-state index in [9.17, 15) is 18.7 Å². The second-order valence-corrected chi connectivity index (χ2v) is 5.97. The first kappa shape index (κ1) is 15.6. The van der Waals surface area contributed by atoms with Crippen molar-refractivity contribution in [2.24, 2.45) is 0 Å². The van der Waals surface area contributed by atoms with Gasteiger partial charge < -0.3 is 14.4 Å². The summed E-state index contributed by atoms with van der Waals surface area (Å²) in [5, 5.41) is 10.0. The summed E-state index contributed by atoms with van der Waals surface area (Å²) in [5.74, 6) is -2.35. The normalized spacial score (nSPS) is 20.4. The number of benzene rings is 1. The van der Waals surface area contributed by atoms with Gasteiger partial charge in [-0.05, 0) is 24.1 Å². The maximum atomic E-state index is 13.6. The lowest BCUT2D eigenvalue weighted by molar-refractivity contribution is 0.0711. The van der Waals surface area contributed by atoms with Crippen molar-refractivity contribution in [3.8, 4) is 0 Å². The van der Waals surface area contributed by atoms with Crippen molar-refractivity contribution >= 4 is 11.6 Å². The van der Waals surface area contributed by atoms with E-state index in [0.717, 1.165) is 12.1 Å². The van der Waals surface area contributed by atoms with Gasteiger partial charge in [-0.15, -0.1) is 0 Å². The zero-order chi connectivity index (χ0) is 17.6. The highest BCUT2D eigenvalue weighted by Gasteiger charge is 2.37. The molecular formula is C17H14F2N4O2. The monoisotopic (exact) mass is 344 g/mol. The topological polar surface area (TPSA) is 70.7 Å². The molecule has 128 valence electrons. The van der Waals surface area contributed by atoms with Gasteiger partial charge in [0, 0.05) is 31.3 Å². The van der Waals surface area contributed by atoms with Crippen LogP contribution in [0.4, 0.5) is 8.78 Å². The molecule has 1 saturated heterocycles. The van der Waals surface area contributed by atoms with Gasteiger partial charge in [-0.2, -0.15) is 0 Å². The van der Waals surface area contributed by atoms with E-state index in [1.54, 1.807) is 23.0 Å². The number of fused-ring (bicyclic) bond motifs is 1. The van der Waals surface area contributed by atoms with Crippen molar-refractivity contribution in [2.75, 3.05) is 6.54 Å². The van der Waals surface area contributed by atoms with Crippen LogP contribution in [0.5, 0.6) is 0 Å². The Morgan fingerprint density at radius 2 is 1.92 bits per heavy atom. The number of halogens is 2.